The molecule has 0 saturated heterocycles. The van der Waals surface area contributed by atoms with Crippen LogP contribution in [0, 0.1) is 23.0 Å². The molecule has 0 spiro atoms. The van der Waals surface area contributed by atoms with Gasteiger partial charge in [0.05, 0.1) is 5.56 Å². The molecule has 0 saturated carbocycles. The fourth-order valence-corrected chi connectivity index (χ4v) is 1.56. The summed E-state index contributed by atoms with van der Waals surface area (Å²) in [4.78, 5) is 0. The first-order valence-electron chi connectivity index (χ1n) is 5.47. The van der Waals surface area contributed by atoms with Gasteiger partial charge in [-0.05, 0) is 24.3 Å². The summed E-state index contributed by atoms with van der Waals surface area (Å²) in [7, 11) is 0. The molecule has 0 aliphatic carbocycles. The molecule has 0 aliphatic rings. The van der Waals surface area contributed by atoms with Crippen LogP contribution < -0.4 is 10.5 Å². The van der Waals surface area contributed by atoms with Crippen molar-refractivity contribution in [2.45, 2.75) is 6.61 Å². The monoisotopic (exact) mass is 260 g/mol. The van der Waals surface area contributed by atoms with Crippen LogP contribution in [0.15, 0.2) is 36.4 Å². The topological polar surface area (TPSA) is 59.0 Å². The van der Waals surface area contributed by atoms with Crippen LogP contribution in [0.4, 0.5) is 14.5 Å². The molecule has 0 atom stereocenters. The summed E-state index contributed by atoms with van der Waals surface area (Å²) in [5.74, 6) is -0.949. The molecule has 0 radical (unpaired) electrons. The highest BCUT2D eigenvalue weighted by molar-refractivity contribution is 5.47. The SMILES string of the molecule is N#Cc1ccc(OCc2c(N)cccc2F)cc1F. The second-order valence-corrected chi connectivity index (χ2v) is 3.85. The van der Waals surface area contributed by atoms with E-state index >= 15 is 0 Å². The van der Waals surface area contributed by atoms with E-state index in [9.17, 15) is 8.78 Å². The molecule has 0 fully saturated rings. The van der Waals surface area contributed by atoms with Crippen molar-refractivity contribution in [1.29, 1.82) is 5.26 Å². The van der Waals surface area contributed by atoms with Crippen LogP contribution in [-0.2, 0) is 6.61 Å². The van der Waals surface area contributed by atoms with Gasteiger partial charge in [0, 0.05) is 17.3 Å². The zero-order valence-corrected chi connectivity index (χ0v) is 9.86. The third-order valence-corrected chi connectivity index (χ3v) is 2.60. The first kappa shape index (κ1) is 12.8. The number of nitrogens with zero attached hydrogens (tertiary/aromatic N) is 1. The predicted octanol–water partition coefficient (Wildman–Crippen LogP) is 3.00. The summed E-state index contributed by atoms with van der Waals surface area (Å²) in [6, 6.07) is 9.85. The van der Waals surface area contributed by atoms with Crippen molar-refractivity contribution >= 4 is 5.69 Å². The van der Waals surface area contributed by atoms with Gasteiger partial charge in [0.15, 0.2) is 0 Å². The molecule has 2 aromatic carbocycles. The third kappa shape index (κ3) is 2.80. The van der Waals surface area contributed by atoms with Gasteiger partial charge in [-0.2, -0.15) is 5.26 Å². The molecule has 0 heterocycles. The quantitative estimate of drug-likeness (QED) is 0.863. The fraction of sp³-hybridized carbons (Fsp3) is 0.0714. The highest BCUT2D eigenvalue weighted by atomic mass is 19.1. The van der Waals surface area contributed by atoms with Gasteiger partial charge < -0.3 is 10.5 Å². The van der Waals surface area contributed by atoms with Gasteiger partial charge in [0.2, 0.25) is 0 Å². The lowest BCUT2D eigenvalue weighted by molar-refractivity contribution is 0.299. The lowest BCUT2D eigenvalue weighted by Crippen LogP contribution is -2.03. The van der Waals surface area contributed by atoms with Gasteiger partial charge in [0.1, 0.15) is 30.1 Å². The molecule has 0 bridgehead atoms. The second kappa shape index (κ2) is 5.36. The summed E-state index contributed by atoms with van der Waals surface area (Å²) in [6.07, 6.45) is 0. The number of halogens is 2. The van der Waals surface area contributed by atoms with Gasteiger partial charge in [-0.25, -0.2) is 8.78 Å². The Balaban J connectivity index is 2.15. The maximum absolute atomic E-state index is 13.5. The molecule has 2 aromatic rings. The number of nitriles is 1. The number of ether oxygens (including phenoxy) is 1. The van der Waals surface area contributed by atoms with E-state index in [-0.39, 0.29) is 29.2 Å². The zero-order valence-electron chi connectivity index (χ0n) is 9.86. The molecule has 0 aromatic heterocycles. The molecule has 96 valence electrons. The van der Waals surface area contributed by atoms with Crippen LogP contribution in [0.25, 0.3) is 0 Å². The number of nitrogen functional groups attached to an aromatic ring is 1. The molecule has 5 heteroatoms. The molecule has 3 nitrogen and oxygen atoms in total. The maximum Gasteiger partial charge on any atom is 0.144 e. The van der Waals surface area contributed by atoms with Gasteiger partial charge in [0.25, 0.3) is 0 Å². The maximum atomic E-state index is 13.5. The van der Waals surface area contributed by atoms with Crippen LogP contribution in [0.3, 0.4) is 0 Å². The fourth-order valence-electron chi connectivity index (χ4n) is 1.56. The highest BCUT2D eigenvalue weighted by Crippen LogP contribution is 2.21. The lowest BCUT2D eigenvalue weighted by atomic mass is 10.2. The molecule has 19 heavy (non-hydrogen) atoms. The number of hydrogen-bond acceptors (Lipinski definition) is 3. The van der Waals surface area contributed by atoms with Crippen molar-refractivity contribution in [3.8, 4) is 11.8 Å². The standard InChI is InChI=1S/C14H10F2N2O/c15-12-2-1-3-14(18)11(12)8-19-10-5-4-9(7-17)13(16)6-10/h1-6H,8,18H2. The Hall–Kier alpha value is -2.61. The molecular weight excluding hydrogens is 250 g/mol. The first-order chi connectivity index (χ1) is 9.11. The zero-order chi connectivity index (χ0) is 13.8. The largest absolute Gasteiger partial charge is 0.489 e. The number of benzene rings is 2. The van der Waals surface area contributed by atoms with Crippen molar-refractivity contribution in [1.82, 2.24) is 0 Å². The minimum atomic E-state index is -0.679. The summed E-state index contributed by atoms with van der Waals surface area (Å²) >= 11 is 0. The van der Waals surface area contributed by atoms with Crippen molar-refractivity contribution in [2.75, 3.05) is 5.73 Å². The Labute approximate surface area is 108 Å². The Morgan fingerprint density at radius 2 is 1.95 bits per heavy atom. The Kier molecular flexibility index (Phi) is 3.62. The van der Waals surface area contributed by atoms with E-state index in [1.807, 2.05) is 0 Å². The number of rotatable bonds is 3. The number of nitrogens with two attached hydrogens (primary N) is 1. The minimum absolute atomic E-state index is 0.0715. The molecular formula is C14H10F2N2O. The Morgan fingerprint density at radius 1 is 1.16 bits per heavy atom. The van der Waals surface area contributed by atoms with Crippen LogP contribution >= 0.6 is 0 Å². The van der Waals surface area contributed by atoms with E-state index < -0.39 is 11.6 Å². The van der Waals surface area contributed by atoms with E-state index in [1.54, 1.807) is 12.1 Å². The van der Waals surface area contributed by atoms with Crippen LogP contribution in [-0.4, -0.2) is 0 Å². The van der Waals surface area contributed by atoms with E-state index in [0.717, 1.165) is 6.07 Å². The number of anilines is 1. The second-order valence-electron chi connectivity index (χ2n) is 3.85. The van der Waals surface area contributed by atoms with E-state index in [0.29, 0.717) is 0 Å². The van der Waals surface area contributed by atoms with Crippen LogP contribution in [0.1, 0.15) is 11.1 Å². The smallest absolute Gasteiger partial charge is 0.144 e. The molecule has 2 rings (SSSR count). The van der Waals surface area contributed by atoms with Crippen molar-refractivity contribution in [3.63, 3.8) is 0 Å². The average Bonchev–Trinajstić information content (AvgIpc) is 2.38. The Morgan fingerprint density at radius 3 is 2.58 bits per heavy atom. The van der Waals surface area contributed by atoms with Crippen molar-refractivity contribution < 1.29 is 13.5 Å². The molecule has 0 amide bonds. The average molecular weight is 260 g/mol. The van der Waals surface area contributed by atoms with Gasteiger partial charge in [-0.1, -0.05) is 6.07 Å². The van der Waals surface area contributed by atoms with E-state index in [4.69, 9.17) is 15.7 Å². The van der Waals surface area contributed by atoms with Gasteiger partial charge in [-0.15, -0.1) is 0 Å². The lowest BCUT2D eigenvalue weighted by Gasteiger charge is -2.09. The van der Waals surface area contributed by atoms with Crippen molar-refractivity contribution in [3.05, 3.63) is 59.2 Å². The van der Waals surface area contributed by atoms with Crippen LogP contribution in [0.5, 0.6) is 5.75 Å². The normalized spacial score (nSPS) is 9.95. The van der Waals surface area contributed by atoms with E-state index in [2.05, 4.69) is 0 Å². The Bertz CT molecular complexity index is 630. The van der Waals surface area contributed by atoms with Crippen molar-refractivity contribution in [2.24, 2.45) is 0 Å². The minimum Gasteiger partial charge on any atom is -0.489 e. The van der Waals surface area contributed by atoms with E-state index in [1.165, 1.54) is 24.3 Å². The molecule has 0 aliphatic heterocycles. The van der Waals surface area contributed by atoms with Gasteiger partial charge in [-0.3, -0.25) is 0 Å². The summed E-state index contributed by atoms with van der Waals surface area (Å²) in [5.41, 5.74) is 6.04. The molecule has 0 unspecified atom stereocenters. The number of hydrogen-bond donors (Lipinski definition) is 1. The predicted molar refractivity (Wildman–Crippen MR) is 66.3 cm³/mol. The first-order valence-corrected chi connectivity index (χ1v) is 5.47. The summed E-state index contributed by atoms with van der Waals surface area (Å²) in [5, 5.41) is 8.59. The third-order valence-electron chi connectivity index (χ3n) is 2.60. The summed E-state index contributed by atoms with van der Waals surface area (Å²) in [6.45, 7) is -0.107. The van der Waals surface area contributed by atoms with Gasteiger partial charge >= 0.3 is 0 Å². The highest BCUT2D eigenvalue weighted by Gasteiger charge is 2.08. The summed E-state index contributed by atoms with van der Waals surface area (Å²) < 4.78 is 32.1. The van der Waals surface area contributed by atoms with Crippen LogP contribution in [0.2, 0.25) is 0 Å². The molecule has 2 N–H and O–H groups in total.